The van der Waals surface area contributed by atoms with Gasteiger partial charge in [0.15, 0.2) is 5.78 Å². The highest BCUT2D eigenvalue weighted by Gasteiger charge is 2.20. The molecule has 0 aliphatic rings. The summed E-state index contributed by atoms with van der Waals surface area (Å²) >= 11 is 0. The Morgan fingerprint density at radius 2 is 1.84 bits per heavy atom. The van der Waals surface area contributed by atoms with Crippen LogP contribution in [0.25, 0.3) is 0 Å². The third-order valence-corrected chi connectivity index (χ3v) is 2.65. The number of hydrogen-bond acceptors (Lipinski definition) is 3. The van der Waals surface area contributed by atoms with Crippen LogP contribution in [0, 0.1) is 5.41 Å². The van der Waals surface area contributed by atoms with Gasteiger partial charge < -0.3 is 4.74 Å². The molecule has 1 rings (SSSR count). The van der Waals surface area contributed by atoms with Gasteiger partial charge in [0, 0.05) is 5.56 Å². The van der Waals surface area contributed by atoms with Crippen LogP contribution < -0.4 is 0 Å². The Morgan fingerprint density at radius 1 is 1.21 bits per heavy atom. The summed E-state index contributed by atoms with van der Waals surface area (Å²) in [6.45, 7) is 5.96. The lowest BCUT2D eigenvalue weighted by atomic mass is 9.88. The molecule has 0 aliphatic heterocycles. The van der Waals surface area contributed by atoms with Gasteiger partial charge >= 0.3 is 5.97 Å². The van der Waals surface area contributed by atoms with Crippen LogP contribution >= 0.6 is 0 Å². The lowest BCUT2D eigenvalue weighted by Crippen LogP contribution is -2.17. The van der Waals surface area contributed by atoms with Gasteiger partial charge in [0.25, 0.3) is 0 Å². The molecule has 3 nitrogen and oxygen atoms in total. The number of ether oxygens (including phenoxy) is 1. The molecule has 0 fully saturated rings. The van der Waals surface area contributed by atoms with Crippen molar-refractivity contribution in [3.05, 3.63) is 48.0 Å². The molecule has 3 heteroatoms. The van der Waals surface area contributed by atoms with Crippen molar-refractivity contribution in [2.75, 3.05) is 6.61 Å². The molecule has 0 amide bonds. The Bertz CT molecular complexity index is 458. The van der Waals surface area contributed by atoms with E-state index in [0.29, 0.717) is 12.2 Å². The lowest BCUT2D eigenvalue weighted by molar-refractivity contribution is -0.144. The van der Waals surface area contributed by atoms with Crippen LogP contribution in [0.3, 0.4) is 0 Å². The van der Waals surface area contributed by atoms with Crippen molar-refractivity contribution in [1.82, 2.24) is 0 Å². The van der Waals surface area contributed by atoms with Gasteiger partial charge in [-0.3, -0.25) is 9.59 Å². The van der Waals surface area contributed by atoms with Gasteiger partial charge in [-0.2, -0.15) is 0 Å². The second-order valence-corrected chi connectivity index (χ2v) is 5.03. The summed E-state index contributed by atoms with van der Waals surface area (Å²) in [4.78, 5) is 23.3. The van der Waals surface area contributed by atoms with Crippen LogP contribution in [0.2, 0.25) is 0 Å². The van der Waals surface area contributed by atoms with E-state index in [1.807, 2.05) is 32.0 Å². The molecule has 0 unspecified atom stereocenters. The second-order valence-electron chi connectivity index (χ2n) is 5.03. The molecule has 102 valence electrons. The summed E-state index contributed by atoms with van der Waals surface area (Å²) in [5.41, 5.74) is 0.252. The Labute approximate surface area is 114 Å². The third-order valence-electron chi connectivity index (χ3n) is 2.65. The minimum Gasteiger partial charge on any atom is -0.466 e. The number of carbonyl (C=O) groups is 2. The number of carbonyl (C=O) groups excluding carboxylic acids is 2. The fourth-order valence-electron chi connectivity index (χ4n) is 1.64. The minimum absolute atomic E-state index is 0.0578. The average Bonchev–Trinajstić information content (AvgIpc) is 2.37. The van der Waals surface area contributed by atoms with Gasteiger partial charge in [-0.15, -0.1) is 0 Å². The number of rotatable bonds is 6. The topological polar surface area (TPSA) is 43.4 Å². The molecule has 0 saturated carbocycles. The highest BCUT2D eigenvalue weighted by Crippen LogP contribution is 2.23. The van der Waals surface area contributed by atoms with Crippen LogP contribution in [0.5, 0.6) is 0 Å². The Balaban J connectivity index is 2.64. The molecule has 0 heterocycles. The van der Waals surface area contributed by atoms with Gasteiger partial charge in [-0.1, -0.05) is 50.3 Å². The first-order valence-corrected chi connectivity index (χ1v) is 6.39. The first-order valence-electron chi connectivity index (χ1n) is 6.39. The van der Waals surface area contributed by atoms with Crippen molar-refractivity contribution in [2.45, 2.75) is 27.2 Å². The molecular formula is C16H20O3. The number of benzene rings is 1. The van der Waals surface area contributed by atoms with Gasteiger partial charge in [0.05, 0.1) is 13.0 Å². The first-order chi connectivity index (χ1) is 8.94. The van der Waals surface area contributed by atoms with Crippen LogP contribution in [0.15, 0.2) is 42.5 Å². The minimum atomic E-state index is -0.392. The van der Waals surface area contributed by atoms with Crippen molar-refractivity contribution in [2.24, 2.45) is 5.41 Å². The second kappa shape index (κ2) is 6.88. The lowest BCUT2D eigenvalue weighted by Gasteiger charge is -2.18. The summed E-state index contributed by atoms with van der Waals surface area (Å²) in [6, 6.07) is 9.05. The van der Waals surface area contributed by atoms with E-state index in [9.17, 15) is 9.59 Å². The zero-order chi connectivity index (χ0) is 14.3. The monoisotopic (exact) mass is 260 g/mol. The van der Waals surface area contributed by atoms with E-state index < -0.39 is 5.41 Å². The average molecular weight is 260 g/mol. The van der Waals surface area contributed by atoms with Gasteiger partial charge in [0.1, 0.15) is 0 Å². The highest BCUT2D eigenvalue weighted by atomic mass is 16.5. The van der Waals surface area contributed by atoms with Crippen LogP contribution in [-0.4, -0.2) is 18.4 Å². The SMILES string of the molecule is CCOC(=O)CC(C)(C)/C=C/C(=O)c1ccccc1. The van der Waals surface area contributed by atoms with Crippen molar-refractivity contribution in [1.29, 1.82) is 0 Å². The fraction of sp³-hybridized carbons (Fsp3) is 0.375. The maximum atomic E-state index is 11.9. The molecule has 0 saturated heterocycles. The number of esters is 1. The van der Waals surface area contributed by atoms with Gasteiger partial charge in [-0.05, 0) is 18.4 Å². The normalized spacial score (nSPS) is 11.5. The summed E-state index contributed by atoms with van der Waals surface area (Å²) < 4.78 is 4.91. The van der Waals surface area contributed by atoms with Crippen molar-refractivity contribution in [3.8, 4) is 0 Å². The number of ketones is 1. The van der Waals surface area contributed by atoms with E-state index >= 15 is 0 Å². The molecular weight excluding hydrogens is 240 g/mol. The Morgan fingerprint density at radius 3 is 2.42 bits per heavy atom. The summed E-state index contributed by atoms with van der Waals surface area (Å²) in [5.74, 6) is -0.304. The standard InChI is InChI=1S/C16H20O3/c1-4-19-15(18)12-16(2,3)11-10-14(17)13-8-6-5-7-9-13/h5-11H,4,12H2,1-3H3/b11-10+. The number of allylic oxidation sites excluding steroid dienone is 2. The van der Waals surface area contributed by atoms with Crippen LogP contribution in [0.4, 0.5) is 0 Å². The molecule has 0 N–H and O–H groups in total. The highest BCUT2D eigenvalue weighted by molar-refractivity contribution is 6.04. The third kappa shape index (κ3) is 5.51. The molecule has 1 aromatic carbocycles. The van der Waals surface area contributed by atoms with E-state index in [1.54, 1.807) is 25.1 Å². The van der Waals surface area contributed by atoms with E-state index in [4.69, 9.17) is 4.74 Å². The maximum Gasteiger partial charge on any atom is 0.306 e. The van der Waals surface area contributed by atoms with E-state index in [-0.39, 0.29) is 18.2 Å². The van der Waals surface area contributed by atoms with E-state index in [0.717, 1.165) is 0 Å². The van der Waals surface area contributed by atoms with E-state index in [1.165, 1.54) is 6.08 Å². The molecule has 0 spiro atoms. The van der Waals surface area contributed by atoms with Gasteiger partial charge in [0.2, 0.25) is 0 Å². The van der Waals surface area contributed by atoms with Crippen LogP contribution in [0.1, 0.15) is 37.6 Å². The maximum absolute atomic E-state index is 11.9. The first kappa shape index (κ1) is 15.2. The summed E-state index contributed by atoms with van der Waals surface area (Å²) in [7, 11) is 0. The number of hydrogen-bond donors (Lipinski definition) is 0. The molecule has 0 atom stereocenters. The van der Waals surface area contributed by atoms with Crippen molar-refractivity contribution < 1.29 is 14.3 Å². The Hall–Kier alpha value is -1.90. The molecule has 0 bridgehead atoms. The van der Waals surface area contributed by atoms with Gasteiger partial charge in [-0.25, -0.2) is 0 Å². The molecule has 1 aromatic rings. The Kier molecular flexibility index (Phi) is 5.49. The zero-order valence-electron chi connectivity index (χ0n) is 11.7. The van der Waals surface area contributed by atoms with E-state index in [2.05, 4.69) is 0 Å². The zero-order valence-corrected chi connectivity index (χ0v) is 11.7. The quantitative estimate of drug-likeness (QED) is 0.447. The summed E-state index contributed by atoms with van der Waals surface area (Å²) in [5, 5.41) is 0. The summed E-state index contributed by atoms with van der Waals surface area (Å²) in [6.07, 6.45) is 3.55. The van der Waals surface area contributed by atoms with Crippen molar-refractivity contribution in [3.63, 3.8) is 0 Å². The molecule has 0 aromatic heterocycles. The molecule has 0 aliphatic carbocycles. The predicted molar refractivity (Wildman–Crippen MR) is 74.9 cm³/mol. The van der Waals surface area contributed by atoms with Crippen molar-refractivity contribution >= 4 is 11.8 Å². The molecule has 0 radical (unpaired) electrons. The fourth-order valence-corrected chi connectivity index (χ4v) is 1.64. The molecule has 19 heavy (non-hydrogen) atoms. The van der Waals surface area contributed by atoms with Crippen LogP contribution in [-0.2, 0) is 9.53 Å². The largest absolute Gasteiger partial charge is 0.466 e. The predicted octanol–water partition coefficient (Wildman–Crippen LogP) is 3.40. The smallest absolute Gasteiger partial charge is 0.306 e.